The molecule has 0 fully saturated rings. The predicted octanol–water partition coefficient (Wildman–Crippen LogP) is 3.79. The minimum absolute atomic E-state index is 0.0429. The van der Waals surface area contributed by atoms with Gasteiger partial charge in [0.2, 0.25) is 4.74 Å². The lowest BCUT2D eigenvalue weighted by Gasteiger charge is -2.17. The molecule has 1 heterocycles. The van der Waals surface area contributed by atoms with E-state index in [1.54, 1.807) is 13.2 Å². The molecular formula is C21H19NO3S. The second-order valence-corrected chi connectivity index (χ2v) is 6.67. The summed E-state index contributed by atoms with van der Waals surface area (Å²) in [5.41, 5.74) is 0.898. The van der Waals surface area contributed by atoms with Gasteiger partial charge in [0.25, 0.3) is 0 Å². The van der Waals surface area contributed by atoms with Crippen molar-refractivity contribution < 1.29 is 9.47 Å². The smallest absolute Gasteiger partial charge is 0.234 e. The topological polar surface area (TPSA) is 38.8 Å². The molecule has 0 saturated heterocycles. The second-order valence-electron chi connectivity index (χ2n) is 5.62. The molecule has 0 aliphatic rings. The summed E-state index contributed by atoms with van der Waals surface area (Å²) in [5.74, 6) is 7.63. The SMILES string of the molecule is COc1ccc(OCC#CCN(C)c2cc(=O)sc3ccccc23)cc1. The van der Waals surface area contributed by atoms with Crippen LogP contribution in [0.5, 0.6) is 11.5 Å². The lowest BCUT2D eigenvalue weighted by molar-refractivity contribution is 0.367. The number of methoxy groups -OCH3 is 1. The van der Waals surface area contributed by atoms with Crippen LogP contribution in [-0.2, 0) is 0 Å². The van der Waals surface area contributed by atoms with E-state index in [9.17, 15) is 4.79 Å². The highest BCUT2D eigenvalue weighted by Gasteiger charge is 2.07. The molecule has 3 aromatic rings. The number of rotatable bonds is 5. The molecule has 0 aliphatic heterocycles. The van der Waals surface area contributed by atoms with Gasteiger partial charge >= 0.3 is 0 Å². The van der Waals surface area contributed by atoms with E-state index in [2.05, 4.69) is 11.8 Å². The lowest BCUT2D eigenvalue weighted by atomic mass is 10.2. The first kappa shape index (κ1) is 17.8. The molecule has 0 saturated carbocycles. The molecule has 3 rings (SSSR count). The van der Waals surface area contributed by atoms with Gasteiger partial charge in [0, 0.05) is 23.2 Å². The summed E-state index contributed by atoms with van der Waals surface area (Å²) in [5, 5.41) is 1.07. The van der Waals surface area contributed by atoms with Crippen LogP contribution < -0.4 is 19.1 Å². The number of fused-ring (bicyclic) bond motifs is 1. The van der Waals surface area contributed by atoms with Crippen molar-refractivity contribution >= 4 is 27.1 Å². The molecule has 4 nitrogen and oxygen atoms in total. The molecular weight excluding hydrogens is 346 g/mol. The van der Waals surface area contributed by atoms with Crippen molar-refractivity contribution in [3.8, 4) is 23.3 Å². The van der Waals surface area contributed by atoms with Gasteiger partial charge in [0.05, 0.1) is 19.3 Å². The van der Waals surface area contributed by atoms with Gasteiger partial charge in [0.1, 0.15) is 18.1 Å². The molecule has 0 amide bonds. The Kier molecular flexibility index (Phi) is 5.77. The van der Waals surface area contributed by atoms with Gasteiger partial charge in [-0.1, -0.05) is 41.4 Å². The fraction of sp³-hybridized carbons (Fsp3) is 0.190. The highest BCUT2D eigenvalue weighted by Crippen LogP contribution is 2.26. The average molecular weight is 365 g/mol. The van der Waals surface area contributed by atoms with Gasteiger partial charge in [0.15, 0.2) is 0 Å². The van der Waals surface area contributed by atoms with E-state index >= 15 is 0 Å². The largest absolute Gasteiger partial charge is 0.497 e. The van der Waals surface area contributed by atoms with Crippen molar-refractivity contribution in [2.24, 2.45) is 0 Å². The van der Waals surface area contributed by atoms with Crippen molar-refractivity contribution in [2.45, 2.75) is 0 Å². The molecule has 0 spiro atoms. The molecule has 0 radical (unpaired) electrons. The molecule has 0 unspecified atom stereocenters. The van der Waals surface area contributed by atoms with Crippen molar-refractivity contribution in [2.75, 3.05) is 32.2 Å². The highest BCUT2D eigenvalue weighted by molar-refractivity contribution is 7.16. The molecule has 132 valence electrons. The fourth-order valence-electron chi connectivity index (χ4n) is 2.51. The Morgan fingerprint density at radius 2 is 1.77 bits per heavy atom. The highest BCUT2D eigenvalue weighted by atomic mass is 32.1. The van der Waals surface area contributed by atoms with Gasteiger partial charge in [-0.2, -0.15) is 0 Å². The van der Waals surface area contributed by atoms with Crippen LogP contribution in [0.4, 0.5) is 5.69 Å². The summed E-state index contributed by atoms with van der Waals surface area (Å²) in [6.45, 7) is 0.828. The van der Waals surface area contributed by atoms with E-state index in [1.165, 1.54) is 11.3 Å². The molecule has 5 heteroatoms. The quantitative estimate of drug-likeness (QED) is 0.645. The van der Waals surface area contributed by atoms with Crippen molar-refractivity contribution in [3.63, 3.8) is 0 Å². The number of nitrogens with zero attached hydrogens (tertiary/aromatic N) is 1. The van der Waals surface area contributed by atoms with E-state index in [4.69, 9.17) is 9.47 Å². The van der Waals surface area contributed by atoms with Gasteiger partial charge in [-0.05, 0) is 30.3 Å². The summed E-state index contributed by atoms with van der Waals surface area (Å²) in [6, 6.07) is 17.0. The van der Waals surface area contributed by atoms with Crippen LogP contribution in [0.15, 0.2) is 59.4 Å². The maximum Gasteiger partial charge on any atom is 0.234 e. The Morgan fingerprint density at radius 1 is 1.04 bits per heavy atom. The first-order chi connectivity index (χ1) is 12.7. The van der Waals surface area contributed by atoms with Crippen LogP contribution in [0.3, 0.4) is 0 Å². The third-order valence-electron chi connectivity index (χ3n) is 3.85. The second kappa shape index (κ2) is 8.41. The number of ether oxygens (including phenoxy) is 2. The van der Waals surface area contributed by atoms with Gasteiger partial charge in [-0.15, -0.1) is 0 Å². The minimum atomic E-state index is 0.0429. The zero-order chi connectivity index (χ0) is 18.4. The fourth-order valence-corrected chi connectivity index (χ4v) is 3.33. The van der Waals surface area contributed by atoms with Crippen molar-refractivity contribution in [1.29, 1.82) is 0 Å². The Morgan fingerprint density at radius 3 is 2.54 bits per heavy atom. The summed E-state index contributed by atoms with van der Waals surface area (Å²) in [6.07, 6.45) is 0. The van der Waals surface area contributed by atoms with E-state index < -0.39 is 0 Å². The maximum absolute atomic E-state index is 11.9. The summed E-state index contributed by atoms with van der Waals surface area (Å²) in [4.78, 5) is 13.9. The normalized spacial score (nSPS) is 10.1. The van der Waals surface area contributed by atoms with E-state index in [0.717, 1.165) is 27.3 Å². The Balaban J connectivity index is 1.62. The first-order valence-corrected chi connectivity index (χ1v) is 8.95. The van der Waals surface area contributed by atoms with E-state index in [-0.39, 0.29) is 4.74 Å². The van der Waals surface area contributed by atoms with Gasteiger partial charge in [-0.25, -0.2) is 0 Å². The average Bonchev–Trinajstić information content (AvgIpc) is 2.67. The standard InChI is InChI=1S/C21H19NO3S/c1-22(19-15-21(23)26-20-8-4-3-7-18(19)20)13-5-6-14-25-17-11-9-16(24-2)10-12-17/h3-4,7-12,15H,13-14H2,1-2H3. The Labute approximate surface area is 156 Å². The van der Waals surface area contributed by atoms with Crippen LogP contribution in [0, 0.1) is 11.8 Å². The van der Waals surface area contributed by atoms with Crippen LogP contribution in [-0.4, -0.2) is 27.3 Å². The number of benzene rings is 2. The van der Waals surface area contributed by atoms with E-state index in [1.807, 2.05) is 60.5 Å². The summed E-state index contributed by atoms with van der Waals surface area (Å²) < 4.78 is 11.7. The molecule has 0 atom stereocenters. The van der Waals surface area contributed by atoms with Crippen LogP contribution in [0.25, 0.3) is 10.1 Å². The molecule has 1 aromatic heterocycles. The Bertz CT molecular complexity index is 999. The maximum atomic E-state index is 11.9. The summed E-state index contributed by atoms with van der Waals surface area (Å²) >= 11 is 1.26. The van der Waals surface area contributed by atoms with Gasteiger partial charge < -0.3 is 14.4 Å². The molecule has 0 bridgehead atoms. The molecule has 2 aromatic carbocycles. The monoisotopic (exact) mass is 365 g/mol. The number of hydrogen-bond donors (Lipinski definition) is 0. The third-order valence-corrected chi connectivity index (χ3v) is 4.75. The predicted molar refractivity (Wildman–Crippen MR) is 108 cm³/mol. The Hall–Kier alpha value is -2.97. The zero-order valence-corrected chi connectivity index (χ0v) is 15.5. The van der Waals surface area contributed by atoms with Crippen molar-refractivity contribution in [3.05, 3.63) is 64.1 Å². The number of anilines is 1. The first-order valence-electron chi connectivity index (χ1n) is 8.14. The third kappa shape index (κ3) is 4.35. The lowest BCUT2D eigenvalue weighted by Crippen LogP contribution is -2.18. The number of hydrogen-bond acceptors (Lipinski definition) is 5. The molecule has 26 heavy (non-hydrogen) atoms. The molecule has 0 aliphatic carbocycles. The molecule has 0 N–H and O–H groups in total. The minimum Gasteiger partial charge on any atom is -0.497 e. The van der Waals surface area contributed by atoms with Crippen molar-refractivity contribution in [1.82, 2.24) is 0 Å². The zero-order valence-electron chi connectivity index (χ0n) is 14.7. The summed E-state index contributed by atoms with van der Waals surface area (Å²) in [7, 11) is 3.56. The van der Waals surface area contributed by atoms with Crippen LogP contribution in [0.1, 0.15) is 0 Å². The van der Waals surface area contributed by atoms with E-state index in [0.29, 0.717) is 13.2 Å². The van der Waals surface area contributed by atoms with Crippen LogP contribution in [0.2, 0.25) is 0 Å². The van der Waals surface area contributed by atoms with Crippen LogP contribution >= 0.6 is 11.3 Å². The van der Waals surface area contributed by atoms with Gasteiger partial charge in [-0.3, -0.25) is 4.79 Å².